The van der Waals surface area contributed by atoms with E-state index in [1.54, 1.807) is 0 Å². The first-order valence-corrected chi connectivity index (χ1v) is 39.0. The SMILES string of the molecule is CCc1ccc2ccc3c(C(C)C)cc(-c4ccc(-c5cccc(-c6nc(-c7ccccc7)cc(-c7cccc(-c8cncc9ccccc89)c7)n6)c5)cc4)nc3c2n1.Cc1ccc2ccc3c(C)cc(-c4ccc(-c5cccc(-c6nc(-c7ccccc7)nc(-c7cccc(-c8cncc9ccccc89)c7)n6)c5)cc4)nc3c2n1. The van der Waals surface area contributed by atoms with Crippen molar-refractivity contribution in [3.8, 4) is 135 Å². The van der Waals surface area contributed by atoms with Gasteiger partial charge in [-0.05, 0) is 136 Å². The maximum absolute atomic E-state index is 5.27. The Kier molecular flexibility index (Phi) is 18.7. The zero-order valence-electron chi connectivity index (χ0n) is 64.1. The van der Waals surface area contributed by atoms with Crippen LogP contribution >= 0.6 is 0 Å². The Labute approximate surface area is 666 Å². The number of fused-ring (bicyclic) bond motifs is 8. The highest BCUT2D eigenvalue weighted by Gasteiger charge is 2.20. The molecular formula is C104H75N11. The maximum atomic E-state index is 5.27. The van der Waals surface area contributed by atoms with Crippen molar-refractivity contribution >= 4 is 65.2 Å². The van der Waals surface area contributed by atoms with Crippen molar-refractivity contribution in [2.24, 2.45) is 0 Å². The number of hydrogen-bond acceptors (Lipinski definition) is 11. The Hall–Kier alpha value is -14.8. The van der Waals surface area contributed by atoms with Crippen LogP contribution in [0.15, 0.2) is 346 Å². The molecule has 0 radical (unpaired) electrons. The number of rotatable bonds is 14. The van der Waals surface area contributed by atoms with Crippen molar-refractivity contribution in [1.29, 1.82) is 0 Å². The summed E-state index contributed by atoms with van der Waals surface area (Å²) >= 11 is 0. The molecular weight excluding hydrogens is 1400 g/mol. The molecule has 11 heteroatoms. The van der Waals surface area contributed by atoms with Gasteiger partial charge in [0.05, 0.1) is 44.8 Å². The first-order valence-electron chi connectivity index (χ1n) is 39.0. The molecule has 20 rings (SSSR count). The van der Waals surface area contributed by atoms with E-state index in [2.05, 4.69) is 299 Å². The van der Waals surface area contributed by atoms with Crippen molar-refractivity contribution in [2.75, 3.05) is 0 Å². The van der Waals surface area contributed by atoms with Crippen molar-refractivity contribution < 1.29 is 0 Å². The third-order valence-electron chi connectivity index (χ3n) is 21.7. The second-order valence-electron chi connectivity index (χ2n) is 29.5. The van der Waals surface area contributed by atoms with E-state index in [9.17, 15) is 0 Å². The fourth-order valence-electron chi connectivity index (χ4n) is 15.6. The molecule has 0 amide bonds. The van der Waals surface area contributed by atoms with E-state index in [0.717, 1.165) is 184 Å². The van der Waals surface area contributed by atoms with E-state index < -0.39 is 0 Å². The summed E-state index contributed by atoms with van der Waals surface area (Å²) in [7, 11) is 0. The maximum Gasteiger partial charge on any atom is 0.164 e. The molecule has 546 valence electrons. The van der Waals surface area contributed by atoms with E-state index in [1.165, 1.54) is 21.9 Å². The third-order valence-corrected chi connectivity index (χ3v) is 21.7. The van der Waals surface area contributed by atoms with Gasteiger partial charge in [0.25, 0.3) is 0 Å². The summed E-state index contributed by atoms with van der Waals surface area (Å²) in [5, 5.41) is 9.03. The number of hydrogen-bond donors (Lipinski definition) is 0. The largest absolute Gasteiger partial charge is 0.263 e. The summed E-state index contributed by atoms with van der Waals surface area (Å²) in [5.74, 6) is 2.84. The fourth-order valence-corrected chi connectivity index (χ4v) is 15.6. The predicted octanol–water partition coefficient (Wildman–Crippen LogP) is 25.9. The minimum Gasteiger partial charge on any atom is -0.263 e. The number of nitrogens with zero attached hydrogens (tertiary/aromatic N) is 11. The lowest BCUT2D eigenvalue weighted by molar-refractivity contribution is 0.875. The zero-order valence-corrected chi connectivity index (χ0v) is 64.1. The molecule has 20 aromatic rings. The van der Waals surface area contributed by atoms with Crippen molar-refractivity contribution in [3.63, 3.8) is 0 Å². The lowest BCUT2D eigenvalue weighted by Crippen LogP contribution is -2.00. The molecule has 0 fully saturated rings. The van der Waals surface area contributed by atoms with E-state index in [-0.39, 0.29) is 0 Å². The van der Waals surface area contributed by atoms with Crippen LogP contribution in [0.2, 0.25) is 0 Å². The highest BCUT2D eigenvalue weighted by atomic mass is 15.0. The van der Waals surface area contributed by atoms with Crippen molar-refractivity contribution in [2.45, 2.75) is 47.0 Å². The molecule has 0 N–H and O–H groups in total. The van der Waals surface area contributed by atoms with Crippen LogP contribution < -0.4 is 0 Å². The van der Waals surface area contributed by atoms with E-state index in [4.69, 9.17) is 44.9 Å². The number of aromatic nitrogens is 11. The monoisotopic (exact) mass is 1480 g/mol. The Morgan fingerprint density at radius 3 is 1.21 bits per heavy atom. The molecule has 0 atom stereocenters. The van der Waals surface area contributed by atoms with Gasteiger partial charge in [0.1, 0.15) is 0 Å². The molecule has 11 nitrogen and oxygen atoms in total. The quantitative estimate of drug-likeness (QED) is 0.0960. The first-order chi connectivity index (χ1) is 56.5. The van der Waals surface area contributed by atoms with E-state index in [1.807, 2.05) is 92.4 Å². The van der Waals surface area contributed by atoms with Crippen LogP contribution in [0.3, 0.4) is 0 Å². The summed E-state index contributed by atoms with van der Waals surface area (Å²) < 4.78 is 0. The average Bonchev–Trinajstić information content (AvgIpc) is 0.752. The number of pyridine rings is 6. The molecule has 0 spiro atoms. The second kappa shape index (κ2) is 30.5. The van der Waals surface area contributed by atoms with Crippen LogP contribution in [-0.4, -0.2) is 54.8 Å². The van der Waals surface area contributed by atoms with Gasteiger partial charge in [-0.25, -0.2) is 34.9 Å². The van der Waals surface area contributed by atoms with Crippen LogP contribution in [-0.2, 0) is 6.42 Å². The summed E-state index contributed by atoms with van der Waals surface area (Å²) in [5.41, 5.74) is 28.4. The summed E-state index contributed by atoms with van der Waals surface area (Å²) in [4.78, 5) is 54.9. The summed E-state index contributed by atoms with van der Waals surface area (Å²) in [6.45, 7) is 10.8. The van der Waals surface area contributed by atoms with Gasteiger partial charge in [-0.1, -0.05) is 288 Å². The van der Waals surface area contributed by atoms with E-state index in [0.29, 0.717) is 29.2 Å². The predicted molar refractivity (Wildman–Crippen MR) is 472 cm³/mol. The normalized spacial score (nSPS) is 11.5. The molecule has 115 heavy (non-hydrogen) atoms. The van der Waals surface area contributed by atoms with Gasteiger partial charge in [-0.3, -0.25) is 19.9 Å². The van der Waals surface area contributed by atoms with Gasteiger partial charge in [0.15, 0.2) is 23.3 Å². The standard InChI is InChI=1S/C54H41N5.C50H34N6/c1-4-44-26-24-38-25-27-46-47(34(2)3)30-49(57-53(46)52(38)56-44)37-22-20-35(21-23-37)39-15-10-18-42(28-39)54-58-50(36-12-6-5-7-13-36)31-51(59-54)41-17-11-16-40(29-41)48-33-55-32-43-14-8-9-19-45(43)48;1-31-26-45(53-47-42(31)25-24-35-19-18-32(2)52-46(35)47)34-22-20-33(21-23-34)37-13-8-15-39(27-37)49-54-48(36-10-4-3-5-11-36)55-50(56-49)40-16-9-14-38(28-40)44-30-51-29-41-12-6-7-17-43(41)44/h5-34H,4H2,1-3H3;3-30H,1-2H3. The molecule has 8 heterocycles. The topological polar surface area (TPSA) is 142 Å². The minimum atomic E-state index is 0.335. The molecule has 0 bridgehead atoms. The fraction of sp³-hybridized carbons (Fsp3) is 0.0673. The van der Waals surface area contributed by atoms with Gasteiger partial charge in [0.2, 0.25) is 0 Å². The smallest absolute Gasteiger partial charge is 0.164 e. The molecule has 0 aliphatic heterocycles. The van der Waals surface area contributed by atoms with Gasteiger partial charge in [-0.15, -0.1) is 0 Å². The first kappa shape index (κ1) is 70.6. The van der Waals surface area contributed by atoms with Crippen LogP contribution in [0.25, 0.3) is 200 Å². The molecule has 0 unspecified atom stereocenters. The molecule has 0 saturated heterocycles. The summed E-state index contributed by atoms with van der Waals surface area (Å²) in [6, 6.07) is 112. The summed E-state index contributed by atoms with van der Waals surface area (Å²) in [6.07, 6.45) is 8.57. The number of benzene rings is 12. The molecule has 8 aromatic heterocycles. The number of aryl methyl sites for hydroxylation is 3. The zero-order chi connectivity index (χ0) is 77.5. The molecule has 0 saturated carbocycles. The highest BCUT2D eigenvalue weighted by molar-refractivity contribution is 6.07. The van der Waals surface area contributed by atoms with Gasteiger partial charge in [-0.2, -0.15) is 0 Å². The van der Waals surface area contributed by atoms with Crippen molar-refractivity contribution in [1.82, 2.24) is 54.8 Å². The minimum absolute atomic E-state index is 0.335. The molecule has 12 aromatic carbocycles. The van der Waals surface area contributed by atoms with Crippen LogP contribution in [0.4, 0.5) is 0 Å². The van der Waals surface area contributed by atoms with Gasteiger partial charge >= 0.3 is 0 Å². The Morgan fingerprint density at radius 1 is 0.243 bits per heavy atom. The van der Waals surface area contributed by atoms with Gasteiger partial charge < -0.3 is 0 Å². The van der Waals surface area contributed by atoms with Gasteiger partial charge in [0, 0.05) is 124 Å². The Bertz CT molecular complexity index is 7120. The third kappa shape index (κ3) is 14.2. The Balaban J connectivity index is 0.000000154. The lowest BCUT2D eigenvalue weighted by Gasteiger charge is -2.15. The van der Waals surface area contributed by atoms with Crippen LogP contribution in [0.5, 0.6) is 0 Å². The van der Waals surface area contributed by atoms with Crippen LogP contribution in [0, 0.1) is 13.8 Å². The highest BCUT2D eigenvalue weighted by Crippen LogP contribution is 2.40. The second-order valence-corrected chi connectivity index (χ2v) is 29.5. The average molecular weight is 1480 g/mol. The van der Waals surface area contributed by atoms with Crippen LogP contribution in [0.1, 0.15) is 49.2 Å². The van der Waals surface area contributed by atoms with Crippen molar-refractivity contribution in [3.05, 3.63) is 369 Å². The lowest BCUT2D eigenvalue weighted by atomic mass is 9.94. The molecule has 0 aliphatic carbocycles. The Morgan fingerprint density at radius 2 is 0.643 bits per heavy atom. The van der Waals surface area contributed by atoms with E-state index >= 15 is 0 Å². The molecule has 0 aliphatic rings.